The van der Waals surface area contributed by atoms with Crippen LogP contribution in [0.2, 0.25) is 0 Å². The van der Waals surface area contributed by atoms with Crippen LogP contribution in [0.25, 0.3) is 6.08 Å². The summed E-state index contributed by atoms with van der Waals surface area (Å²) in [7, 11) is 0. The normalized spacial score (nSPS) is 9.76. The van der Waals surface area contributed by atoms with Gasteiger partial charge in [-0.1, -0.05) is 5.92 Å². The number of hydrogen-bond acceptors (Lipinski definition) is 2. The Morgan fingerprint density at radius 2 is 2.35 bits per heavy atom. The maximum Gasteiger partial charge on any atom is 0.328 e. The topological polar surface area (TPSA) is 46.5 Å². The lowest BCUT2D eigenvalue weighted by atomic mass is 10.2. The molecular formula is C13H11FO3. The molecule has 0 radical (unpaired) electrons. The molecule has 0 aliphatic heterocycles. The third-order valence-corrected chi connectivity index (χ3v) is 1.85. The molecular weight excluding hydrogens is 223 g/mol. The fourth-order valence-corrected chi connectivity index (χ4v) is 1.13. The van der Waals surface area contributed by atoms with Crippen LogP contribution < -0.4 is 4.74 Å². The first-order valence-electron chi connectivity index (χ1n) is 4.86. The van der Waals surface area contributed by atoms with Crippen molar-refractivity contribution in [3.63, 3.8) is 0 Å². The zero-order valence-electron chi connectivity index (χ0n) is 9.24. The van der Waals surface area contributed by atoms with Gasteiger partial charge < -0.3 is 9.84 Å². The van der Waals surface area contributed by atoms with Crippen molar-refractivity contribution in [2.24, 2.45) is 0 Å². The molecule has 0 saturated heterocycles. The predicted molar refractivity (Wildman–Crippen MR) is 62.0 cm³/mol. The molecule has 1 N–H and O–H groups in total. The molecule has 0 heterocycles. The summed E-state index contributed by atoms with van der Waals surface area (Å²) in [5.41, 5.74) is 0.366. The Morgan fingerprint density at radius 1 is 1.59 bits per heavy atom. The van der Waals surface area contributed by atoms with Crippen molar-refractivity contribution in [1.29, 1.82) is 0 Å². The van der Waals surface area contributed by atoms with E-state index in [9.17, 15) is 9.18 Å². The van der Waals surface area contributed by atoms with Gasteiger partial charge >= 0.3 is 5.97 Å². The van der Waals surface area contributed by atoms with Gasteiger partial charge in [0.2, 0.25) is 0 Å². The standard InChI is InChI=1S/C13H11FO3/c1-2-3-8-17-12-6-5-11(14)9-10(12)4-7-13(15)16/h4-7,9H,8H2,1H3,(H,15,16)/b7-4+. The fraction of sp³-hybridized carbons (Fsp3) is 0.154. The van der Waals surface area contributed by atoms with E-state index in [0.717, 1.165) is 6.08 Å². The minimum atomic E-state index is -1.10. The average molecular weight is 234 g/mol. The molecule has 1 aromatic rings. The highest BCUT2D eigenvalue weighted by Crippen LogP contribution is 2.21. The van der Waals surface area contributed by atoms with Gasteiger partial charge in [-0.3, -0.25) is 0 Å². The van der Waals surface area contributed by atoms with Gasteiger partial charge in [-0.05, 0) is 31.2 Å². The van der Waals surface area contributed by atoms with Crippen LogP contribution in [0.1, 0.15) is 12.5 Å². The first kappa shape index (κ1) is 12.8. The molecule has 0 aliphatic rings. The second-order valence-electron chi connectivity index (χ2n) is 3.07. The maximum absolute atomic E-state index is 13.0. The van der Waals surface area contributed by atoms with Crippen molar-refractivity contribution in [2.45, 2.75) is 6.92 Å². The van der Waals surface area contributed by atoms with Gasteiger partial charge in [-0.2, -0.15) is 0 Å². The molecule has 0 fully saturated rings. The third kappa shape index (κ3) is 4.39. The van der Waals surface area contributed by atoms with Crippen LogP contribution in [0.5, 0.6) is 5.75 Å². The Kier molecular flexibility index (Phi) is 4.77. The summed E-state index contributed by atoms with van der Waals surface area (Å²) in [6, 6.07) is 3.88. The highest BCUT2D eigenvalue weighted by Gasteiger charge is 2.02. The van der Waals surface area contributed by atoms with Gasteiger partial charge in [-0.25, -0.2) is 9.18 Å². The first-order valence-corrected chi connectivity index (χ1v) is 4.86. The monoisotopic (exact) mass is 234 g/mol. The third-order valence-electron chi connectivity index (χ3n) is 1.85. The van der Waals surface area contributed by atoms with Crippen LogP contribution in [0.4, 0.5) is 4.39 Å². The fourth-order valence-electron chi connectivity index (χ4n) is 1.13. The quantitative estimate of drug-likeness (QED) is 0.642. The van der Waals surface area contributed by atoms with Crippen molar-refractivity contribution in [3.8, 4) is 17.6 Å². The Labute approximate surface area is 98.5 Å². The number of halogens is 1. The Balaban J connectivity index is 2.93. The van der Waals surface area contributed by atoms with E-state index in [4.69, 9.17) is 9.84 Å². The molecule has 0 amide bonds. The van der Waals surface area contributed by atoms with Crippen molar-refractivity contribution in [1.82, 2.24) is 0 Å². The van der Waals surface area contributed by atoms with E-state index in [0.29, 0.717) is 11.3 Å². The van der Waals surface area contributed by atoms with Crippen LogP contribution in [-0.4, -0.2) is 17.7 Å². The van der Waals surface area contributed by atoms with Gasteiger partial charge in [0, 0.05) is 11.6 Å². The Hall–Kier alpha value is -2.28. The van der Waals surface area contributed by atoms with Crippen LogP contribution in [-0.2, 0) is 4.79 Å². The van der Waals surface area contributed by atoms with Crippen molar-refractivity contribution in [3.05, 3.63) is 35.7 Å². The Morgan fingerprint density at radius 3 is 3.00 bits per heavy atom. The van der Waals surface area contributed by atoms with Crippen LogP contribution in [0, 0.1) is 17.7 Å². The lowest BCUT2D eigenvalue weighted by Crippen LogP contribution is -1.96. The minimum Gasteiger partial charge on any atom is -0.480 e. The van der Waals surface area contributed by atoms with Gasteiger partial charge in [0.15, 0.2) is 0 Å². The maximum atomic E-state index is 13.0. The number of aliphatic carboxylic acids is 1. The summed E-state index contributed by atoms with van der Waals surface area (Å²) in [5, 5.41) is 8.51. The van der Waals surface area contributed by atoms with E-state index >= 15 is 0 Å². The molecule has 3 nitrogen and oxygen atoms in total. The van der Waals surface area contributed by atoms with E-state index < -0.39 is 11.8 Å². The molecule has 4 heteroatoms. The smallest absolute Gasteiger partial charge is 0.328 e. The SMILES string of the molecule is CC#CCOc1ccc(F)cc1/C=C/C(=O)O. The van der Waals surface area contributed by atoms with Crippen LogP contribution in [0.3, 0.4) is 0 Å². The average Bonchev–Trinajstić information content (AvgIpc) is 2.29. The summed E-state index contributed by atoms with van der Waals surface area (Å²) in [4.78, 5) is 10.4. The molecule has 0 atom stereocenters. The van der Waals surface area contributed by atoms with Gasteiger partial charge in [0.05, 0.1) is 0 Å². The highest BCUT2D eigenvalue weighted by molar-refractivity contribution is 5.85. The summed E-state index contributed by atoms with van der Waals surface area (Å²) >= 11 is 0. The molecule has 0 spiro atoms. The summed E-state index contributed by atoms with van der Waals surface area (Å²) < 4.78 is 18.3. The Bertz CT molecular complexity index is 495. The number of carboxylic acids is 1. The van der Waals surface area contributed by atoms with E-state index in [1.54, 1.807) is 6.92 Å². The van der Waals surface area contributed by atoms with Gasteiger partial charge in [0.1, 0.15) is 18.2 Å². The molecule has 0 aromatic heterocycles. The van der Waals surface area contributed by atoms with Crippen LogP contribution >= 0.6 is 0 Å². The lowest BCUT2D eigenvalue weighted by molar-refractivity contribution is -0.131. The molecule has 1 rings (SSSR count). The molecule has 0 bridgehead atoms. The largest absolute Gasteiger partial charge is 0.480 e. The van der Waals surface area contributed by atoms with Crippen molar-refractivity contribution >= 4 is 12.0 Å². The summed E-state index contributed by atoms with van der Waals surface area (Å²) in [5.74, 6) is 4.19. The highest BCUT2D eigenvalue weighted by atomic mass is 19.1. The number of hydrogen-bond donors (Lipinski definition) is 1. The number of carboxylic acid groups (broad SMARTS) is 1. The second kappa shape index (κ2) is 6.33. The molecule has 17 heavy (non-hydrogen) atoms. The molecule has 88 valence electrons. The summed E-state index contributed by atoms with van der Waals surface area (Å²) in [6.45, 7) is 1.86. The zero-order valence-corrected chi connectivity index (χ0v) is 9.24. The molecule has 0 saturated carbocycles. The predicted octanol–water partition coefficient (Wildman–Crippen LogP) is 2.33. The number of ether oxygens (including phenoxy) is 1. The number of benzene rings is 1. The van der Waals surface area contributed by atoms with E-state index in [-0.39, 0.29) is 6.61 Å². The molecule has 1 aromatic carbocycles. The zero-order chi connectivity index (χ0) is 12.7. The van der Waals surface area contributed by atoms with E-state index in [1.165, 1.54) is 24.3 Å². The van der Waals surface area contributed by atoms with E-state index in [2.05, 4.69) is 11.8 Å². The van der Waals surface area contributed by atoms with Crippen molar-refractivity contribution < 1.29 is 19.0 Å². The number of rotatable bonds is 4. The minimum absolute atomic E-state index is 0.177. The van der Waals surface area contributed by atoms with Gasteiger partial charge in [-0.15, -0.1) is 5.92 Å². The molecule has 0 aliphatic carbocycles. The second-order valence-corrected chi connectivity index (χ2v) is 3.07. The van der Waals surface area contributed by atoms with Crippen LogP contribution in [0.15, 0.2) is 24.3 Å². The van der Waals surface area contributed by atoms with Crippen molar-refractivity contribution in [2.75, 3.05) is 6.61 Å². The molecule has 0 unspecified atom stereocenters. The van der Waals surface area contributed by atoms with Gasteiger partial charge in [0.25, 0.3) is 0 Å². The van der Waals surface area contributed by atoms with E-state index in [1.807, 2.05) is 0 Å². The first-order chi connectivity index (χ1) is 8.13. The lowest BCUT2D eigenvalue weighted by Gasteiger charge is -2.06. The summed E-state index contributed by atoms with van der Waals surface area (Å²) in [6.07, 6.45) is 2.20. The number of carbonyl (C=O) groups is 1.